The first-order valence-electron chi connectivity index (χ1n) is 10.5. The maximum atomic E-state index is 14.6. The van der Waals surface area contributed by atoms with Crippen LogP contribution in [0.3, 0.4) is 0 Å². The van der Waals surface area contributed by atoms with Crippen molar-refractivity contribution in [3.05, 3.63) is 41.3 Å². The van der Waals surface area contributed by atoms with Crippen molar-refractivity contribution in [2.75, 3.05) is 10.6 Å². The quantitative estimate of drug-likeness (QED) is 0.439. The van der Waals surface area contributed by atoms with Crippen molar-refractivity contribution in [3.63, 3.8) is 0 Å². The number of carbonyl (C=O) groups is 1. The summed E-state index contributed by atoms with van der Waals surface area (Å²) >= 11 is 0. The van der Waals surface area contributed by atoms with Crippen LogP contribution in [0.25, 0.3) is 10.9 Å². The van der Waals surface area contributed by atoms with Gasteiger partial charge in [0.15, 0.2) is 11.6 Å². The molecule has 0 spiro atoms. The number of carbonyl (C=O) groups excluding carboxylic acids is 1. The Morgan fingerprint density at radius 2 is 2.06 bits per heavy atom. The highest BCUT2D eigenvalue weighted by atomic mass is 19.1. The number of aromatic nitrogens is 3. The number of nitrogens with two attached hydrogens (primary N) is 2. The number of primary amides is 1. The molecule has 9 heteroatoms. The molecule has 1 aromatic carbocycles. The summed E-state index contributed by atoms with van der Waals surface area (Å²) in [5, 5.41) is 11.9. The van der Waals surface area contributed by atoms with Gasteiger partial charge in [0.1, 0.15) is 5.82 Å². The molecular weight excluding hydrogens is 397 g/mol. The second-order valence-electron chi connectivity index (χ2n) is 8.24. The molecule has 0 aliphatic heterocycles. The number of amides is 1. The number of fused-ring (bicyclic) bond motifs is 1. The molecule has 0 radical (unpaired) electrons. The van der Waals surface area contributed by atoms with E-state index in [1.165, 1.54) is 0 Å². The minimum absolute atomic E-state index is 0.0226. The monoisotopic (exact) mass is 425 g/mol. The lowest BCUT2D eigenvalue weighted by Crippen LogP contribution is -2.38. The van der Waals surface area contributed by atoms with Crippen molar-refractivity contribution in [2.45, 2.75) is 51.1 Å². The van der Waals surface area contributed by atoms with Crippen LogP contribution in [0.15, 0.2) is 24.3 Å². The number of nitrogens with zero attached hydrogens (tertiary/aromatic N) is 3. The molecule has 1 fully saturated rings. The van der Waals surface area contributed by atoms with Gasteiger partial charge in [0.05, 0.1) is 16.8 Å². The van der Waals surface area contributed by atoms with Gasteiger partial charge in [0.2, 0.25) is 0 Å². The average Bonchev–Trinajstić information content (AvgIpc) is 3.51. The molecule has 1 saturated carbocycles. The maximum Gasteiger partial charge on any atom is 0.252 e. The van der Waals surface area contributed by atoms with Crippen LogP contribution in [0, 0.1) is 5.82 Å². The van der Waals surface area contributed by atoms with E-state index in [2.05, 4.69) is 20.7 Å². The van der Waals surface area contributed by atoms with Crippen LogP contribution >= 0.6 is 0 Å². The zero-order chi connectivity index (χ0) is 22.3. The normalized spacial score (nSPS) is 15.6. The van der Waals surface area contributed by atoms with Crippen LogP contribution in [0.5, 0.6) is 0 Å². The van der Waals surface area contributed by atoms with Gasteiger partial charge in [0, 0.05) is 36.1 Å². The minimum atomic E-state index is -0.763. The molecule has 2 heterocycles. The Morgan fingerprint density at radius 3 is 2.68 bits per heavy atom. The molecule has 31 heavy (non-hydrogen) atoms. The topological polar surface area (TPSA) is 124 Å². The van der Waals surface area contributed by atoms with E-state index in [0.717, 1.165) is 35.5 Å². The third-order valence-corrected chi connectivity index (χ3v) is 5.74. The SMILES string of the molecule is CC[C@@H](Nc1nc(Nc2ccc3c(c2)c(C2CC2)nn3C)c(C(N)=O)cc1F)[C@H](C)N. The van der Waals surface area contributed by atoms with Gasteiger partial charge in [-0.15, -0.1) is 0 Å². The van der Waals surface area contributed by atoms with Crippen LogP contribution < -0.4 is 22.1 Å². The molecule has 3 aromatic rings. The van der Waals surface area contributed by atoms with Gasteiger partial charge in [-0.1, -0.05) is 6.92 Å². The molecule has 2 aromatic heterocycles. The molecule has 8 nitrogen and oxygen atoms in total. The zero-order valence-electron chi connectivity index (χ0n) is 17.9. The molecule has 6 N–H and O–H groups in total. The fourth-order valence-corrected chi connectivity index (χ4v) is 3.82. The van der Waals surface area contributed by atoms with Crippen LogP contribution in [0.2, 0.25) is 0 Å². The third-order valence-electron chi connectivity index (χ3n) is 5.74. The van der Waals surface area contributed by atoms with E-state index in [1.54, 1.807) is 0 Å². The van der Waals surface area contributed by atoms with Crippen LogP contribution in [0.1, 0.15) is 55.1 Å². The van der Waals surface area contributed by atoms with Crippen molar-refractivity contribution in [1.82, 2.24) is 14.8 Å². The third kappa shape index (κ3) is 4.18. The predicted octanol–water partition coefficient (Wildman–Crippen LogP) is 3.37. The molecule has 1 aliphatic carbocycles. The number of nitrogens with one attached hydrogen (secondary N) is 2. The lowest BCUT2D eigenvalue weighted by molar-refractivity contribution is 0.100. The smallest absolute Gasteiger partial charge is 0.252 e. The van der Waals surface area contributed by atoms with E-state index in [1.807, 2.05) is 43.8 Å². The Hall–Kier alpha value is -3.20. The summed E-state index contributed by atoms with van der Waals surface area (Å²) in [5.74, 6) is -0.716. The summed E-state index contributed by atoms with van der Waals surface area (Å²) in [4.78, 5) is 16.3. The first kappa shape index (κ1) is 21.0. The van der Waals surface area contributed by atoms with E-state index in [9.17, 15) is 9.18 Å². The first-order chi connectivity index (χ1) is 14.8. The van der Waals surface area contributed by atoms with Crippen LogP contribution in [-0.2, 0) is 7.05 Å². The van der Waals surface area contributed by atoms with E-state index >= 15 is 0 Å². The number of rotatable bonds is 8. The average molecular weight is 426 g/mol. The van der Waals surface area contributed by atoms with E-state index in [0.29, 0.717) is 18.0 Å². The van der Waals surface area contributed by atoms with Gasteiger partial charge in [0.25, 0.3) is 5.91 Å². The first-order valence-corrected chi connectivity index (χ1v) is 10.5. The van der Waals surface area contributed by atoms with E-state index < -0.39 is 11.7 Å². The van der Waals surface area contributed by atoms with Crippen molar-refractivity contribution in [3.8, 4) is 0 Å². The molecule has 0 unspecified atom stereocenters. The second-order valence-corrected chi connectivity index (χ2v) is 8.24. The molecule has 4 rings (SSSR count). The van der Waals surface area contributed by atoms with Crippen molar-refractivity contribution in [1.29, 1.82) is 0 Å². The van der Waals surface area contributed by atoms with Crippen LogP contribution in [-0.4, -0.2) is 32.8 Å². The number of anilines is 3. The largest absolute Gasteiger partial charge is 0.365 e. The standard InChI is InChI=1S/C22H28FN7O/c1-4-17(11(2)24)27-22-16(23)10-15(20(25)31)21(28-22)26-13-7-8-18-14(9-13)19(12-5-6-12)29-30(18)3/h7-12,17H,4-6,24H2,1-3H3,(H2,25,31)(H2,26,27,28)/t11-,17+/m0/s1. The summed E-state index contributed by atoms with van der Waals surface area (Å²) in [6.45, 7) is 3.80. The Bertz CT molecular complexity index is 1140. The van der Waals surface area contributed by atoms with Gasteiger partial charge < -0.3 is 22.1 Å². The van der Waals surface area contributed by atoms with Crippen molar-refractivity contribution >= 4 is 34.1 Å². The Balaban J connectivity index is 1.72. The summed E-state index contributed by atoms with van der Waals surface area (Å²) in [6.07, 6.45) is 2.98. The predicted molar refractivity (Wildman–Crippen MR) is 120 cm³/mol. The number of hydrogen-bond donors (Lipinski definition) is 4. The molecule has 164 valence electrons. The fraction of sp³-hybridized carbons (Fsp3) is 0.409. The highest BCUT2D eigenvalue weighted by molar-refractivity contribution is 5.99. The lowest BCUT2D eigenvalue weighted by atomic mass is 10.1. The molecule has 0 saturated heterocycles. The van der Waals surface area contributed by atoms with Crippen molar-refractivity contribution < 1.29 is 9.18 Å². The fourth-order valence-electron chi connectivity index (χ4n) is 3.82. The van der Waals surface area contributed by atoms with Gasteiger partial charge >= 0.3 is 0 Å². The molecule has 2 atom stereocenters. The van der Waals surface area contributed by atoms with Gasteiger partial charge in [-0.05, 0) is 50.5 Å². The molecule has 0 bridgehead atoms. The zero-order valence-corrected chi connectivity index (χ0v) is 17.9. The Kier molecular flexibility index (Phi) is 5.53. The van der Waals surface area contributed by atoms with E-state index in [4.69, 9.17) is 11.5 Å². The number of aryl methyl sites for hydroxylation is 1. The summed E-state index contributed by atoms with van der Waals surface area (Å²) in [5.41, 5.74) is 14.3. The molecular formula is C22H28FN7O. The Morgan fingerprint density at radius 1 is 1.32 bits per heavy atom. The molecule has 1 amide bonds. The van der Waals surface area contributed by atoms with Crippen molar-refractivity contribution in [2.24, 2.45) is 18.5 Å². The Labute approximate surface area is 180 Å². The number of hydrogen-bond acceptors (Lipinski definition) is 6. The number of benzene rings is 1. The number of halogens is 1. The summed E-state index contributed by atoms with van der Waals surface area (Å²) < 4.78 is 16.5. The number of pyridine rings is 1. The minimum Gasteiger partial charge on any atom is -0.365 e. The van der Waals surface area contributed by atoms with Gasteiger partial charge in [-0.25, -0.2) is 9.37 Å². The van der Waals surface area contributed by atoms with Crippen LogP contribution in [0.4, 0.5) is 21.7 Å². The second kappa shape index (κ2) is 8.14. The highest BCUT2D eigenvalue weighted by Gasteiger charge is 2.29. The lowest BCUT2D eigenvalue weighted by Gasteiger charge is -2.22. The molecule has 1 aliphatic rings. The summed E-state index contributed by atoms with van der Waals surface area (Å²) in [6, 6.07) is 6.56. The van der Waals surface area contributed by atoms with E-state index in [-0.39, 0.29) is 29.3 Å². The van der Waals surface area contributed by atoms with Gasteiger partial charge in [-0.2, -0.15) is 5.10 Å². The maximum absolute atomic E-state index is 14.6. The van der Waals surface area contributed by atoms with Gasteiger partial charge in [-0.3, -0.25) is 9.48 Å². The summed E-state index contributed by atoms with van der Waals surface area (Å²) in [7, 11) is 1.93. The highest BCUT2D eigenvalue weighted by Crippen LogP contribution is 2.43.